The van der Waals surface area contributed by atoms with Gasteiger partial charge in [-0.15, -0.1) is 0 Å². The Morgan fingerprint density at radius 1 is 1.14 bits per heavy atom. The number of ether oxygens (including phenoxy) is 1. The van der Waals surface area contributed by atoms with Crippen LogP contribution in [0.2, 0.25) is 0 Å². The van der Waals surface area contributed by atoms with Gasteiger partial charge >= 0.3 is 0 Å². The Kier molecular flexibility index (Phi) is 4.67. The van der Waals surface area contributed by atoms with Crippen LogP contribution in [-0.4, -0.2) is 13.7 Å². The van der Waals surface area contributed by atoms with E-state index in [-0.39, 0.29) is 6.04 Å². The summed E-state index contributed by atoms with van der Waals surface area (Å²) in [6.45, 7) is 0.808. The Hall–Kier alpha value is -0.840. The Balaban J connectivity index is 2.08. The maximum absolute atomic E-state index is 5.96. The van der Waals surface area contributed by atoms with E-state index in [1.165, 1.54) is 16.7 Å². The molecule has 0 aromatic heterocycles. The van der Waals surface area contributed by atoms with Crippen LogP contribution in [-0.2, 0) is 6.42 Å². The number of para-hydroxylation sites is 1. The number of benzene rings is 2. The Morgan fingerprint density at radius 2 is 1.90 bits per heavy atom. The van der Waals surface area contributed by atoms with Crippen LogP contribution in [0.3, 0.4) is 0 Å². The molecule has 0 amide bonds. The van der Waals surface area contributed by atoms with Crippen LogP contribution in [0.15, 0.2) is 45.3 Å². The van der Waals surface area contributed by atoms with Gasteiger partial charge < -0.3 is 10.1 Å². The molecule has 1 unspecified atom stereocenters. The first-order valence-corrected chi connectivity index (χ1v) is 8.65. The van der Waals surface area contributed by atoms with E-state index in [9.17, 15) is 0 Å². The molecule has 0 saturated heterocycles. The van der Waals surface area contributed by atoms with E-state index < -0.39 is 0 Å². The Bertz CT molecular complexity index is 637. The lowest BCUT2D eigenvalue weighted by molar-refractivity contribution is 0.283. The normalized spacial score (nSPS) is 15.2. The predicted molar refractivity (Wildman–Crippen MR) is 93.0 cm³/mol. The van der Waals surface area contributed by atoms with Crippen LogP contribution in [0.1, 0.15) is 29.2 Å². The zero-order valence-electron chi connectivity index (χ0n) is 11.8. The van der Waals surface area contributed by atoms with Crippen molar-refractivity contribution in [3.05, 3.63) is 62.0 Å². The first kappa shape index (κ1) is 15.1. The highest BCUT2D eigenvalue weighted by Crippen LogP contribution is 2.36. The fourth-order valence-electron chi connectivity index (χ4n) is 2.89. The highest BCUT2D eigenvalue weighted by atomic mass is 79.9. The molecular weight excluding hydrogens is 394 g/mol. The lowest BCUT2D eigenvalue weighted by Gasteiger charge is -2.25. The third-order valence-corrected chi connectivity index (χ3v) is 4.70. The van der Waals surface area contributed by atoms with Crippen LogP contribution in [0, 0.1) is 0 Å². The molecule has 2 aromatic carbocycles. The molecule has 0 bridgehead atoms. The van der Waals surface area contributed by atoms with Crippen LogP contribution in [0.25, 0.3) is 0 Å². The number of fused-ring (bicyclic) bond motifs is 1. The van der Waals surface area contributed by atoms with E-state index >= 15 is 0 Å². The van der Waals surface area contributed by atoms with Crippen LogP contribution >= 0.6 is 31.9 Å². The van der Waals surface area contributed by atoms with Gasteiger partial charge in [-0.05, 0) is 49.2 Å². The summed E-state index contributed by atoms with van der Waals surface area (Å²) in [4.78, 5) is 0. The van der Waals surface area contributed by atoms with Crippen molar-refractivity contribution in [3.8, 4) is 5.75 Å². The minimum Gasteiger partial charge on any atom is -0.493 e. The average molecular weight is 411 g/mol. The molecule has 2 aromatic rings. The first-order valence-electron chi connectivity index (χ1n) is 7.07. The second-order valence-corrected chi connectivity index (χ2v) is 7.04. The van der Waals surface area contributed by atoms with Crippen molar-refractivity contribution in [2.24, 2.45) is 0 Å². The van der Waals surface area contributed by atoms with E-state index in [0.717, 1.165) is 34.1 Å². The fourth-order valence-corrected chi connectivity index (χ4v) is 4.21. The van der Waals surface area contributed by atoms with Crippen molar-refractivity contribution >= 4 is 31.9 Å². The summed E-state index contributed by atoms with van der Waals surface area (Å²) in [5, 5.41) is 3.42. The van der Waals surface area contributed by atoms with Crippen molar-refractivity contribution in [3.63, 3.8) is 0 Å². The van der Waals surface area contributed by atoms with Crippen LogP contribution in [0.4, 0.5) is 0 Å². The molecule has 0 spiro atoms. The summed E-state index contributed by atoms with van der Waals surface area (Å²) in [5.41, 5.74) is 3.73. The lowest BCUT2D eigenvalue weighted by Crippen LogP contribution is -2.20. The van der Waals surface area contributed by atoms with Crippen molar-refractivity contribution in [2.75, 3.05) is 13.7 Å². The van der Waals surface area contributed by atoms with Gasteiger partial charge in [0.25, 0.3) is 0 Å². The SMILES string of the molecule is CNC(c1cc(Br)cc(Br)c1)c1cccc2c1OCCC2. The molecule has 1 heterocycles. The summed E-state index contributed by atoms with van der Waals surface area (Å²) in [5.74, 6) is 1.05. The monoisotopic (exact) mass is 409 g/mol. The Labute approximate surface area is 142 Å². The predicted octanol–water partition coefficient (Wildman–Crippen LogP) is 4.85. The van der Waals surface area contributed by atoms with Crippen LogP contribution < -0.4 is 10.1 Å². The largest absolute Gasteiger partial charge is 0.493 e. The number of nitrogens with one attached hydrogen (secondary N) is 1. The molecule has 1 aliphatic heterocycles. The van der Waals surface area contributed by atoms with Crippen molar-refractivity contribution in [1.82, 2.24) is 5.32 Å². The molecule has 3 rings (SSSR count). The summed E-state index contributed by atoms with van der Waals surface area (Å²) in [6, 6.07) is 12.9. The van der Waals surface area contributed by atoms with Gasteiger partial charge in [0.1, 0.15) is 5.75 Å². The summed E-state index contributed by atoms with van der Waals surface area (Å²) >= 11 is 7.14. The third-order valence-electron chi connectivity index (χ3n) is 3.78. The standard InChI is InChI=1S/C17H17Br2NO/c1-20-16(12-8-13(18)10-14(19)9-12)15-6-2-4-11-5-3-7-21-17(11)15/h2,4,6,8-10,16,20H,3,5,7H2,1H3. The third kappa shape index (κ3) is 3.17. The van der Waals surface area contributed by atoms with Crippen LogP contribution in [0.5, 0.6) is 5.75 Å². The van der Waals surface area contributed by atoms with E-state index in [0.29, 0.717) is 0 Å². The molecule has 2 nitrogen and oxygen atoms in total. The molecule has 1 atom stereocenters. The minimum absolute atomic E-state index is 0.117. The molecule has 21 heavy (non-hydrogen) atoms. The number of hydrogen-bond donors (Lipinski definition) is 1. The first-order chi connectivity index (χ1) is 10.2. The number of halogens is 2. The maximum Gasteiger partial charge on any atom is 0.127 e. The molecule has 110 valence electrons. The average Bonchev–Trinajstić information content (AvgIpc) is 2.47. The lowest BCUT2D eigenvalue weighted by atomic mass is 9.94. The number of aryl methyl sites for hydroxylation is 1. The maximum atomic E-state index is 5.96. The molecule has 1 N–H and O–H groups in total. The van der Waals surface area contributed by atoms with E-state index in [2.05, 4.69) is 67.5 Å². The quantitative estimate of drug-likeness (QED) is 0.781. The zero-order valence-corrected chi connectivity index (χ0v) is 15.0. The minimum atomic E-state index is 0.117. The van der Waals surface area contributed by atoms with Gasteiger partial charge in [-0.2, -0.15) is 0 Å². The van der Waals surface area contributed by atoms with Gasteiger partial charge in [0.15, 0.2) is 0 Å². The van der Waals surface area contributed by atoms with Gasteiger partial charge in [0.2, 0.25) is 0 Å². The summed E-state index contributed by atoms with van der Waals surface area (Å²) in [6.07, 6.45) is 2.20. The summed E-state index contributed by atoms with van der Waals surface area (Å²) in [7, 11) is 1.99. The van der Waals surface area contributed by atoms with Crippen molar-refractivity contribution in [1.29, 1.82) is 0 Å². The molecule has 0 aliphatic carbocycles. The molecule has 0 fully saturated rings. The van der Waals surface area contributed by atoms with E-state index in [1.54, 1.807) is 0 Å². The van der Waals surface area contributed by atoms with Gasteiger partial charge in [0.05, 0.1) is 12.6 Å². The van der Waals surface area contributed by atoms with Crippen molar-refractivity contribution < 1.29 is 4.74 Å². The van der Waals surface area contributed by atoms with E-state index in [1.807, 2.05) is 13.1 Å². The van der Waals surface area contributed by atoms with E-state index in [4.69, 9.17) is 4.74 Å². The van der Waals surface area contributed by atoms with Gasteiger partial charge in [-0.1, -0.05) is 50.1 Å². The number of hydrogen-bond acceptors (Lipinski definition) is 2. The van der Waals surface area contributed by atoms with Gasteiger partial charge in [-0.25, -0.2) is 0 Å². The second kappa shape index (κ2) is 6.51. The highest BCUT2D eigenvalue weighted by molar-refractivity contribution is 9.11. The van der Waals surface area contributed by atoms with Crippen molar-refractivity contribution in [2.45, 2.75) is 18.9 Å². The zero-order chi connectivity index (χ0) is 14.8. The molecular formula is C17H17Br2NO. The second-order valence-electron chi connectivity index (χ2n) is 5.21. The topological polar surface area (TPSA) is 21.3 Å². The fraction of sp³-hybridized carbons (Fsp3) is 0.294. The smallest absolute Gasteiger partial charge is 0.127 e. The summed E-state index contributed by atoms with van der Waals surface area (Å²) < 4.78 is 8.09. The molecule has 0 saturated carbocycles. The number of rotatable bonds is 3. The molecule has 1 aliphatic rings. The highest BCUT2D eigenvalue weighted by Gasteiger charge is 2.21. The Morgan fingerprint density at radius 3 is 2.62 bits per heavy atom. The van der Waals surface area contributed by atoms with Gasteiger partial charge in [-0.3, -0.25) is 0 Å². The molecule has 4 heteroatoms. The molecule has 0 radical (unpaired) electrons. The van der Waals surface area contributed by atoms with Gasteiger partial charge in [0, 0.05) is 14.5 Å².